The molecule has 2 atom stereocenters. The van der Waals surface area contributed by atoms with Gasteiger partial charge in [-0.05, 0) is 66.8 Å². The number of halogens is 2. The number of rotatable bonds is 4. The van der Waals surface area contributed by atoms with Gasteiger partial charge in [-0.1, -0.05) is 12.1 Å². The SMILES string of the molecule is CN=C(NCC1CCCN(C)C1)NC1CCN(c2ccccc2Br)C1.I. The normalized spacial score (nSPS) is 24.3. The predicted molar refractivity (Wildman–Crippen MR) is 125 cm³/mol. The number of hydrogen-bond acceptors (Lipinski definition) is 3. The average Bonchev–Trinajstić information content (AvgIpc) is 3.07. The summed E-state index contributed by atoms with van der Waals surface area (Å²) in [6.07, 6.45) is 3.75. The Labute approximate surface area is 183 Å². The highest BCUT2D eigenvalue weighted by molar-refractivity contribution is 14.0. The van der Waals surface area contributed by atoms with Crippen LogP contribution >= 0.6 is 39.9 Å². The third-order valence-electron chi connectivity index (χ3n) is 5.23. The molecule has 0 spiro atoms. The van der Waals surface area contributed by atoms with Gasteiger partial charge in [-0.15, -0.1) is 24.0 Å². The highest BCUT2D eigenvalue weighted by Crippen LogP contribution is 2.28. The lowest BCUT2D eigenvalue weighted by atomic mass is 9.99. The van der Waals surface area contributed by atoms with Crippen LogP contribution in [0.15, 0.2) is 33.7 Å². The number of para-hydroxylation sites is 1. The van der Waals surface area contributed by atoms with E-state index < -0.39 is 0 Å². The second-order valence-corrected chi connectivity index (χ2v) is 8.11. The van der Waals surface area contributed by atoms with Gasteiger partial charge in [0.1, 0.15) is 0 Å². The zero-order valence-electron chi connectivity index (χ0n) is 15.7. The molecule has 0 amide bonds. The first-order valence-corrected chi connectivity index (χ1v) is 10.1. The molecule has 0 radical (unpaired) electrons. The van der Waals surface area contributed by atoms with Crippen LogP contribution in [0.25, 0.3) is 0 Å². The Bertz CT molecular complexity index is 597. The van der Waals surface area contributed by atoms with Crippen LogP contribution in [0.1, 0.15) is 19.3 Å². The van der Waals surface area contributed by atoms with E-state index in [9.17, 15) is 0 Å². The van der Waals surface area contributed by atoms with E-state index in [2.05, 4.69) is 72.7 Å². The lowest BCUT2D eigenvalue weighted by molar-refractivity contribution is 0.210. The minimum absolute atomic E-state index is 0. The summed E-state index contributed by atoms with van der Waals surface area (Å²) in [6, 6.07) is 8.89. The summed E-state index contributed by atoms with van der Waals surface area (Å²) in [6.45, 7) is 5.50. The fraction of sp³-hybridized carbons (Fsp3) is 0.632. The Balaban J connectivity index is 0.00000243. The van der Waals surface area contributed by atoms with E-state index in [4.69, 9.17) is 0 Å². The number of likely N-dealkylation sites (tertiary alicyclic amines) is 1. The number of piperidine rings is 1. The van der Waals surface area contributed by atoms with Crippen LogP contribution in [0.3, 0.4) is 0 Å². The van der Waals surface area contributed by atoms with Gasteiger partial charge in [0.25, 0.3) is 0 Å². The van der Waals surface area contributed by atoms with E-state index in [1.165, 1.54) is 36.1 Å². The maximum absolute atomic E-state index is 4.42. The van der Waals surface area contributed by atoms with Crippen LogP contribution in [0.4, 0.5) is 5.69 Å². The van der Waals surface area contributed by atoms with Crippen molar-refractivity contribution in [1.82, 2.24) is 15.5 Å². The fourth-order valence-electron chi connectivity index (χ4n) is 3.87. The van der Waals surface area contributed by atoms with Gasteiger partial charge in [0, 0.05) is 43.7 Å². The zero-order valence-corrected chi connectivity index (χ0v) is 19.7. The molecule has 0 bridgehead atoms. The van der Waals surface area contributed by atoms with E-state index in [1.807, 2.05) is 7.05 Å². The number of benzene rings is 1. The van der Waals surface area contributed by atoms with Crippen LogP contribution in [0.2, 0.25) is 0 Å². The maximum atomic E-state index is 4.42. The van der Waals surface area contributed by atoms with Crippen molar-refractivity contribution in [2.24, 2.45) is 10.9 Å². The topological polar surface area (TPSA) is 42.9 Å². The minimum Gasteiger partial charge on any atom is -0.368 e. The largest absolute Gasteiger partial charge is 0.368 e. The summed E-state index contributed by atoms with van der Waals surface area (Å²) >= 11 is 3.66. The van der Waals surface area contributed by atoms with Gasteiger partial charge in [0.2, 0.25) is 0 Å². The molecule has 7 heteroatoms. The van der Waals surface area contributed by atoms with E-state index in [-0.39, 0.29) is 24.0 Å². The molecule has 2 heterocycles. The van der Waals surface area contributed by atoms with Gasteiger partial charge < -0.3 is 20.4 Å². The van der Waals surface area contributed by atoms with Crippen molar-refractivity contribution in [2.75, 3.05) is 51.7 Å². The van der Waals surface area contributed by atoms with Gasteiger partial charge in [0.15, 0.2) is 5.96 Å². The maximum Gasteiger partial charge on any atom is 0.191 e. The number of nitrogens with one attached hydrogen (secondary N) is 2. The Hall–Kier alpha value is -0.540. The van der Waals surface area contributed by atoms with Crippen molar-refractivity contribution in [3.05, 3.63) is 28.7 Å². The van der Waals surface area contributed by atoms with Crippen molar-refractivity contribution in [2.45, 2.75) is 25.3 Å². The molecule has 26 heavy (non-hydrogen) atoms. The first-order chi connectivity index (χ1) is 12.2. The third-order valence-corrected chi connectivity index (χ3v) is 5.90. The Morgan fingerprint density at radius 2 is 2.04 bits per heavy atom. The molecule has 2 aliphatic rings. The smallest absolute Gasteiger partial charge is 0.191 e. The van der Waals surface area contributed by atoms with E-state index in [0.717, 1.165) is 37.9 Å². The summed E-state index contributed by atoms with van der Waals surface area (Å²) in [7, 11) is 4.08. The van der Waals surface area contributed by atoms with Crippen molar-refractivity contribution in [3.8, 4) is 0 Å². The molecule has 1 aromatic rings. The summed E-state index contributed by atoms with van der Waals surface area (Å²) in [5, 5.41) is 7.14. The monoisotopic (exact) mass is 535 g/mol. The molecule has 146 valence electrons. The molecular formula is C19H31BrIN5. The first kappa shape index (κ1) is 21.8. The lowest BCUT2D eigenvalue weighted by Crippen LogP contribution is -2.47. The Morgan fingerprint density at radius 1 is 1.23 bits per heavy atom. The molecule has 0 saturated carbocycles. The average molecular weight is 536 g/mol. The number of anilines is 1. The lowest BCUT2D eigenvalue weighted by Gasteiger charge is -2.30. The zero-order chi connectivity index (χ0) is 17.6. The summed E-state index contributed by atoms with van der Waals surface area (Å²) < 4.78 is 1.17. The van der Waals surface area contributed by atoms with Crippen LogP contribution < -0.4 is 15.5 Å². The molecule has 2 fully saturated rings. The summed E-state index contributed by atoms with van der Waals surface area (Å²) in [5.41, 5.74) is 1.28. The molecule has 2 aliphatic heterocycles. The Kier molecular flexibility index (Phi) is 8.96. The van der Waals surface area contributed by atoms with Gasteiger partial charge in [-0.3, -0.25) is 4.99 Å². The molecule has 0 aliphatic carbocycles. The standard InChI is InChI=1S/C19H30BrN5.HI/c1-21-19(22-12-15-6-5-10-24(2)13-15)23-16-9-11-25(14-16)18-8-4-3-7-17(18)20;/h3-4,7-8,15-16H,5-6,9-14H2,1-2H3,(H2,21,22,23);1H. The highest BCUT2D eigenvalue weighted by atomic mass is 127. The number of nitrogens with zero attached hydrogens (tertiary/aromatic N) is 3. The molecule has 2 saturated heterocycles. The van der Waals surface area contributed by atoms with Gasteiger partial charge in [-0.25, -0.2) is 0 Å². The van der Waals surface area contributed by atoms with Crippen LogP contribution in [0, 0.1) is 5.92 Å². The predicted octanol–water partition coefficient (Wildman–Crippen LogP) is 3.15. The second kappa shape index (κ2) is 10.7. The van der Waals surface area contributed by atoms with Crippen LogP contribution in [-0.2, 0) is 0 Å². The summed E-state index contributed by atoms with van der Waals surface area (Å²) in [4.78, 5) is 9.29. The molecule has 3 rings (SSSR count). The van der Waals surface area contributed by atoms with Crippen molar-refractivity contribution < 1.29 is 0 Å². The van der Waals surface area contributed by atoms with E-state index >= 15 is 0 Å². The summed E-state index contributed by atoms with van der Waals surface area (Å²) in [5.74, 6) is 1.66. The molecule has 0 aromatic heterocycles. The molecule has 1 aromatic carbocycles. The quantitative estimate of drug-likeness (QED) is 0.353. The number of aliphatic imine (C=N–C) groups is 1. The Morgan fingerprint density at radius 3 is 2.77 bits per heavy atom. The molecule has 2 N–H and O–H groups in total. The van der Waals surface area contributed by atoms with Gasteiger partial charge >= 0.3 is 0 Å². The number of guanidine groups is 1. The van der Waals surface area contributed by atoms with Crippen molar-refractivity contribution in [3.63, 3.8) is 0 Å². The first-order valence-electron chi connectivity index (χ1n) is 9.31. The van der Waals surface area contributed by atoms with Gasteiger partial charge in [-0.2, -0.15) is 0 Å². The third kappa shape index (κ3) is 5.99. The second-order valence-electron chi connectivity index (χ2n) is 7.25. The van der Waals surface area contributed by atoms with E-state index in [0.29, 0.717) is 6.04 Å². The van der Waals surface area contributed by atoms with Gasteiger partial charge in [0.05, 0.1) is 5.69 Å². The van der Waals surface area contributed by atoms with Crippen molar-refractivity contribution >= 4 is 51.6 Å². The van der Waals surface area contributed by atoms with Crippen LogP contribution in [-0.4, -0.2) is 63.7 Å². The molecule has 2 unspecified atom stereocenters. The van der Waals surface area contributed by atoms with Crippen LogP contribution in [0.5, 0.6) is 0 Å². The molecular weight excluding hydrogens is 505 g/mol. The minimum atomic E-state index is 0. The van der Waals surface area contributed by atoms with E-state index in [1.54, 1.807) is 0 Å². The fourth-order valence-corrected chi connectivity index (χ4v) is 4.41. The highest BCUT2D eigenvalue weighted by Gasteiger charge is 2.25. The van der Waals surface area contributed by atoms with Crippen molar-refractivity contribution in [1.29, 1.82) is 0 Å². The molecule has 5 nitrogen and oxygen atoms in total. The number of hydrogen-bond donors (Lipinski definition) is 2.